The third-order valence-corrected chi connectivity index (χ3v) is 2.54. The number of aryl methyl sites for hydroxylation is 1. The van der Waals surface area contributed by atoms with Crippen molar-refractivity contribution in [1.29, 1.82) is 0 Å². The molecule has 0 aromatic carbocycles. The zero-order valence-corrected chi connectivity index (χ0v) is 9.88. The molecule has 2 N–H and O–H groups in total. The Bertz CT molecular complexity index is 604. The van der Waals surface area contributed by atoms with Crippen molar-refractivity contribution < 1.29 is 14.7 Å². The number of rotatable bonds is 4. The van der Waals surface area contributed by atoms with Crippen molar-refractivity contribution in [2.24, 2.45) is 0 Å². The van der Waals surface area contributed by atoms with E-state index in [1.165, 1.54) is 0 Å². The first-order chi connectivity index (χ1) is 8.56. The van der Waals surface area contributed by atoms with Crippen LogP contribution in [0, 0.1) is 6.92 Å². The molecular formula is C12H13N3O3. The molecule has 0 spiro atoms. The summed E-state index contributed by atoms with van der Waals surface area (Å²) in [6.45, 7) is 1.61. The van der Waals surface area contributed by atoms with Crippen molar-refractivity contribution >= 4 is 22.8 Å². The quantitative estimate of drug-likeness (QED) is 0.826. The molecular weight excluding hydrogens is 234 g/mol. The molecule has 2 aromatic heterocycles. The highest BCUT2D eigenvalue weighted by atomic mass is 16.4. The van der Waals surface area contributed by atoms with Gasteiger partial charge in [0, 0.05) is 23.5 Å². The molecule has 0 radical (unpaired) electrons. The second kappa shape index (κ2) is 4.87. The summed E-state index contributed by atoms with van der Waals surface area (Å²) < 4.78 is 1.77. The highest BCUT2D eigenvalue weighted by Gasteiger charge is 2.07. The van der Waals surface area contributed by atoms with Crippen LogP contribution in [0.25, 0.3) is 10.9 Å². The number of carbonyl (C=O) groups excluding carboxylic acids is 1. The van der Waals surface area contributed by atoms with Crippen LogP contribution in [-0.4, -0.2) is 33.1 Å². The molecule has 6 heteroatoms. The van der Waals surface area contributed by atoms with E-state index in [2.05, 4.69) is 10.3 Å². The lowest BCUT2D eigenvalue weighted by Crippen LogP contribution is -2.31. The van der Waals surface area contributed by atoms with E-state index < -0.39 is 5.97 Å². The van der Waals surface area contributed by atoms with Gasteiger partial charge in [-0.25, -0.2) is 0 Å². The third-order valence-electron chi connectivity index (χ3n) is 2.54. The molecule has 18 heavy (non-hydrogen) atoms. The maximum absolute atomic E-state index is 11.5. The summed E-state index contributed by atoms with van der Waals surface area (Å²) in [5.41, 5.74) is 1.78. The fraction of sp³-hybridized carbons (Fsp3) is 0.250. The van der Waals surface area contributed by atoms with Crippen LogP contribution in [0.2, 0.25) is 0 Å². The van der Waals surface area contributed by atoms with E-state index in [0.29, 0.717) is 0 Å². The van der Waals surface area contributed by atoms with Gasteiger partial charge < -0.3 is 15.0 Å². The number of pyridine rings is 1. The number of carboxylic acid groups (broad SMARTS) is 1. The van der Waals surface area contributed by atoms with Crippen molar-refractivity contribution in [2.45, 2.75) is 13.5 Å². The normalized spacial score (nSPS) is 10.5. The molecule has 0 atom stereocenters. The lowest BCUT2D eigenvalue weighted by atomic mass is 10.3. The maximum Gasteiger partial charge on any atom is 0.322 e. The molecule has 6 nitrogen and oxygen atoms in total. The van der Waals surface area contributed by atoms with Crippen LogP contribution in [0.1, 0.15) is 5.69 Å². The van der Waals surface area contributed by atoms with Crippen LogP contribution in [-0.2, 0) is 16.1 Å². The average Bonchev–Trinajstić information content (AvgIpc) is 2.69. The summed E-state index contributed by atoms with van der Waals surface area (Å²) in [5, 5.41) is 11.7. The molecule has 0 fully saturated rings. The Hall–Kier alpha value is -2.37. The minimum Gasteiger partial charge on any atom is -0.480 e. The number of carbonyl (C=O) groups is 2. The predicted octanol–water partition coefficient (Wildman–Crippen LogP) is 0.546. The monoisotopic (exact) mass is 247 g/mol. The number of hydrogen-bond acceptors (Lipinski definition) is 3. The molecule has 0 bridgehead atoms. The molecule has 0 saturated heterocycles. The van der Waals surface area contributed by atoms with Crippen LogP contribution in [0.4, 0.5) is 0 Å². The van der Waals surface area contributed by atoms with Crippen LogP contribution >= 0.6 is 0 Å². The zero-order chi connectivity index (χ0) is 13.1. The van der Waals surface area contributed by atoms with E-state index in [9.17, 15) is 9.59 Å². The summed E-state index contributed by atoms with van der Waals surface area (Å²) in [6, 6.07) is 3.76. The number of nitrogens with zero attached hydrogens (tertiary/aromatic N) is 2. The zero-order valence-electron chi connectivity index (χ0n) is 9.88. The summed E-state index contributed by atoms with van der Waals surface area (Å²) >= 11 is 0. The van der Waals surface area contributed by atoms with Crippen molar-refractivity contribution in [1.82, 2.24) is 14.9 Å². The lowest BCUT2D eigenvalue weighted by molar-refractivity contribution is -0.138. The summed E-state index contributed by atoms with van der Waals surface area (Å²) in [7, 11) is 0. The largest absolute Gasteiger partial charge is 0.480 e. The van der Waals surface area contributed by atoms with E-state index >= 15 is 0 Å². The number of hydrogen-bond donors (Lipinski definition) is 2. The number of fused-ring (bicyclic) bond motifs is 1. The fourth-order valence-corrected chi connectivity index (χ4v) is 1.71. The van der Waals surface area contributed by atoms with Gasteiger partial charge >= 0.3 is 5.97 Å². The number of nitrogens with one attached hydrogen (secondary N) is 1. The van der Waals surface area contributed by atoms with E-state index in [0.717, 1.165) is 16.6 Å². The Balaban J connectivity index is 2.14. The predicted molar refractivity (Wildman–Crippen MR) is 65.1 cm³/mol. The smallest absolute Gasteiger partial charge is 0.322 e. The summed E-state index contributed by atoms with van der Waals surface area (Å²) in [6.07, 6.45) is 3.53. The Labute approximate surface area is 103 Å². The van der Waals surface area contributed by atoms with Crippen LogP contribution in [0.5, 0.6) is 0 Å². The van der Waals surface area contributed by atoms with Crippen molar-refractivity contribution in [3.8, 4) is 0 Å². The van der Waals surface area contributed by atoms with E-state index in [1.54, 1.807) is 17.0 Å². The standard InChI is InChI=1S/C12H13N3O3/c1-8-4-10-9(5-13-8)2-3-15(10)7-11(16)14-6-12(17)18/h2-5H,6-7H2,1H3,(H,14,16)(H,17,18). The molecule has 0 saturated carbocycles. The third kappa shape index (κ3) is 2.65. The van der Waals surface area contributed by atoms with Crippen LogP contribution < -0.4 is 5.32 Å². The Morgan fingerprint density at radius 3 is 3.00 bits per heavy atom. The van der Waals surface area contributed by atoms with Gasteiger partial charge in [0.2, 0.25) is 5.91 Å². The second-order valence-corrected chi connectivity index (χ2v) is 4.00. The Morgan fingerprint density at radius 2 is 2.28 bits per heavy atom. The van der Waals surface area contributed by atoms with Gasteiger partial charge in [-0.05, 0) is 19.1 Å². The van der Waals surface area contributed by atoms with Gasteiger partial charge in [-0.3, -0.25) is 14.6 Å². The number of carboxylic acids is 1. The van der Waals surface area contributed by atoms with Crippen LogP contribution in [0.15, 0.2) is 24.5 Å². The van der Waals surface area contributed by atoms with Gasteiger partial charge in [-0.1, -0.05) is 0 Å². The molecule has 2 heterocycles. The number of amides is 1. The average molecular weight is 247 g/mol. The van der Waals surface area contributed by atoms with Crippen molar-refractivity contribution in [3.63, 3.8) is 0 Å². The summed E-state index contributed by atoms with van der Waals surface area (Å²) in [5.74, 6) is -1.38. The van der Waals surface area contributed by atoms with Gasteiger partial charge in [0.15, 0.2) is 0 Å². The maximum atomic E-state index is 11.5. The highest BCUT2D eigenvalue weighted by molar-refractivity contribution is 5.84. The number of aliphatic carboxylic acids is 1. The van der Waals surface area contributed by atoms with E-state index in [4.69, 9.17) is 5.11 Å². The van der Waals surface area contributed by atoms with E-state index in [-0.39, 0.29) is 19.0 Å². The molecule has 0 aliphatic heterocycles. The van der Waals surface area contributed by atoms with Crippen molar-refractivity contribution in [3.05, 3.63) is 30.2 Å². The van der Waals surface area contributed by atoms with Crippen molar-refractivity contribution in [2.75, 3.05) is 6.54 Å². The molecule has 0 aliphatic carbocycles. The minimum absolute atomic E-state index is 0.0975. The lowest BCUT2D eigenvalue weighted by Gasteiger charge is -2.05. The number of aromatic nitrogens is 2. The molecule has 1 amide bonds. The molecule has 2 rings (SSSR count). The molecule has 94 valence electrons. The fourth-order valence-electron chi connectivity index (χ4n) is 1.71. The van der Waals surface area contributed by atoms with Gasteiger partial charge in [-0.15, -0.1) is 0 Å². The Kier molecular flexibility index (Phi) is 3.27. The molecule has 0 aliphatic rings. The van der Waals surface area contributed by atoms with Crippen LogP contribution in [0.3, 0.4) is 0 Å². The molecule has 2 aromatic rings. The first-order valence-electron chi connectivity index (χ1n) is 5.46. The second-order valence-electron chi connectivity index (χ2n) is 4.00. The minimum atomic E-state index is -1.05. The SMILES string of the molecule is Cc1cc2c(ccn2CC(=O)NCC(=O)O)cn1. The Morgan fingerprint density at radius 1 is 1.50 bits per heavy atom. The van der Waals surface area contributed by atoms with Gasteiger partial charge in [0.1, 0.15) is 13.1 Å². The van der Waals surface area contributed by atoms with Gasteiger partial charge in [0.25, 0.3) is 0 Å². The highest BCUT2D eigenvalue weighted by Crippen LogP contribution is 2.15. The van der Waals surface area contributed by atoms with E-state index in [1.807, 2.05) is 19.1 Å². The topological polar surface area (TPSA) is 84.2 Å². The van der Waals surface area contributed by atoms with Gasteiger partial charge in [-0.2, -0.15) is 0 Å². The molecule has 0 unspecified atom stereocenters. The summed E-state index contributed by atoms with van der Waals surface area (Å²) in [4.78, 5) is 26.0. The van der Waals surface area contributed by atoms with Gasteiger partial charge in [0.05, 0.1) is 5.52 Å². The first-order valence-corrected chi connectivity index (χ1v) is 5.46. The first kappa shape index (κ1) is 12.1.